The summed E-state index contributed by atoms with van der Waals surface area (Å²) >= 11 is 3.55. The number of aromatic nitrogens is 2. The fourth-order valence-electron chi connectivity index (χ4n) is 2.54. The van der Waals surface area contributed by atoms with Gasteiger partial charge in [-0.3, -0.25) is 0 Å². The number of anilines is 2. The van der Waals surface area contributed by atoms with Gasteiger partial charge in [-0.05, 0) is 48.8 Å². The number of hydrogen-bond acceptors (Lipinski definition) is 5. The van der Waals surface area contributed by atoms with Gasteiger partial charge in [0, 0.05) is 32.9 Å². The lowest BCUT2D eigenvalue weighted by molar-refractivity contribution is 0.284. The highest BCUT2D eigenvalue weighted by atomic mass is 79.9. The van der Waals surface area contributed by atoms with Crippen molar-refractivity contribution in [2.75, 3.05) is 51.0 Å². The van der Waals surface area contributed by atoms with Crippen molar-refractivity contribution < 1.29 is 0 Å². The predicted molar refractivity (Wildman–Crippen MR) is 82.8 cm³/mol. The fourth-order valence-corrected chi connectivity index (χ4v) is 2.99. The summed E-state index contributed by atoms with van der Waals surface area (Å²) in [5.41, 5.74) is 0. The third-order valence-corrected chi connectivity index (χ3v) is 4.05. The van der Waals surface area contributed by atoms with Crippen LogP contribution < -0.4 is 10.2 Å². The van der Waals surface area contributed by atoms with Gasteiger partial charge in [0.15, 0.2) is 0 Å². The zero-order valence-corrected chi connectivity index (χ0v) is 13.4. The average molecular weight is 328 g/mol. The predicted octanol–water partition coefficient (Wildman–Crippen LogP) is 2.06. The average Bonchev–Trinajstić information content (AvgIpc) is 2.40. The third-order valence-electron chi connectivity index (χ3n) is 3.49. The van der Waals surface area contributed by atoms with Crippen LogP contribution in [0.15, 0.2) is 10.7 Å². The lowest BCUT2D eigenvalue weighted by atomic mass is 9.96. The molecule has 5 nitrogen and oxygen atoms in total. The molecule has 0 bridgehead atoms. The molecule has 2 heterocycles. The Hall–Kier alpha value is -0.880. The van der Waals surface area contributed by atoms with E-state index in [1.165, 1.54) is 19.4 Å². The first-order valence-electron chi connectivity index (χ1n) is 6.70. The molecule has 106 valence electrons. The van der Waals surface area contributed by atoms with E-state index >= 15 is 0 Å². The number of hydrogen-bond donors (Lipinski definition) is 1. The lowest BCUT2D eigenvalue weighted by Gasteiger charge is -2.34. The van der Waals surface area contributed by atoms with Crippen molar-refractivity contribution in [2.24, 2.45) is 5.92 Å². The summed E-state index contributed by atoms with van der Waals surface area (Å²) in [5.74, 6) is 2.48. The van der Waals surface area contributed by atoms with E-state index in [0.29, 0.717) is 5.95 Å². The monoisotopic (exact) mass is 327 g/mol. The summed E-state index contributed by atoms with van der Waals surface area (Å²) in [7, 11) is 6.13. The van der Waals surface area contributed by atoms with Crippen LogP contribution in [0.25, 0.3) is 0 Å². The third kappa shape index (κ3) is 3.79. The maximum Gasteiger partial charge on any atom is 0.224 e. The number of nitrogens with one attached hydrogen (secondary N) is 1. The molecule has 1 aromatic heterocycles. The molecule has 1 aliphatic rings. The van der Waals surface area contributed by atoms with Gasteiger partial charge in [0.1, 0.15) is 5.82 Å². The Bertz CT molecular complexity index is 415. The van der Waals surface area contributed by atoms with Gasteiger partial charge < -0.3 is 15.1 Å². The van der Waals surface area contributed by atoms with Crippen LogP contribution in [0.3, 0.4) is 0 Å². The molecule has 0 aromatic carbocycles. The van der Waals surface area contributed by atoms with Crippen LogP contribution in [0.2, 0.25) is 0 Å². The lowest BCUT2D eigenvalue weighted by Crippen LogP contribution is -2.37. The normalized spacial score (nSPS) is 17.0. The largest absolute Gasteiger partial charge is 0.357 e. The minimum Gasteiger partial charge on any atom is -0.357 e. The molecule has 1 N–H and O–H groups in total. The summed E-state index contributed by atoms with van der Waals surface area (Å²) < 4.78 is 0.970. The second kappa shape index (κ2) is 6.52. The number of nitrogens with zero attached hydrogens (tertiary/aromatic N) is 4. The molecule has 0 amide bonds. The second-order valence-corrected chi connectivity index (χ2v) is 6.16. The quantitative estimate of drug-likeness (QED) is 0.917. The van der Waals surface area contributed by atoms with E-state index < -0.39 is 0 Å². The molecule has 6 heteroatoms. The van der Waals surface area contributed by atoms with Crippen molar-refractivity contribution in [3.05, 3.63) is 10.7 Å². The molecule has 1 aliphatic heterocycles. The SMILES string of the molecule is CNc1ncc(Br)c(N2CCC(CN(C)C)CC2)n1. The molecule has 2 rings (SSSR count). The van der Waals surface area contributed by atoms with Crippen molar-refractivity contribution in [1.29, 1.82) is 0 Å². The topological polar surface area (TPSA) is 44.3 Å². The Morgan fingerprint density at radius 2 is 2.11 bits per heavy atom. The van der Waals surface area contributed by atoms with Crippen molar-refractivity contribution in [3.8, 4) is 0 Å². The Kier molecular flexibility index (Phi) is 4.99. The summed E-state index contributed by atoms with van der Waals surface area (Å²) in [6, 6.07) is 0. The van der Waals surface area contributed by atoms with Gasteiger partial charge in [-0.2, -0.15) is 4.98 Å². The van der Waals surface area contributed by atoms with E-state index in [0.717, 1.165) is 29.3 Å². The van der Waals surface area contributed by atoms with Crippen LogP contribution in [-0.2, 0) is 0 Å². The maximum absolute atomic E-state index is 4.55. The highest BCUT2D eigenvalue weighted by molar-refractivity contribution is 9.10. The van der Waals surface area contributed by atoms with Crippen LogP contribution in [0, 0.1) is 5.92 Å². The van der Waals surface area contributed by atoms with Crippen LogP contribution in [0.5, 0.6) is 0 Å². The van der Waals surface area contributed by atoms with Crippen LogP contribution in [0.4, 0.5) is 11.8 Å². The zero-order chi connectivity index (χ0) is 13.8. The molecule has 19 heavy (non-hydrogen) atoms. The first-order valence-corrected chi connectivity index (χ1v) is 7.49. The Morgan fingerprint density at radius 1 is 1.42 bits per heavy atom. The second-order valence-electron chi connectivity index (χ2n) is 5.31. The minimum atomic E-state index is 0.675. The first kappa shape index (κ1) is 14.5. The summed E-state index contributed by atoms with van der Waals surface area (Å²) in [6.45, 7) is 3.31. The first-order chi connectivity index (χ1) is 9.10. The molecule has 1 fully saturated rings. The van der Waals surface area contributed by atoms with E-state index in [4.69, 9.17) is 0 Å². The van der Waals surface area contributed by atoms with Gasteiger partial charge in [-0.15, -0.1) is 0 Å². The number of halogens is 1. The van der Waals surface area contributed by atoms with Gasteiger partial charge in [-0.1, -0.05) is 0 Å². The number of rotatable bonds is 4. The molecule has 0 aliphatic carbocycles. The minimum absolute atomic E-state index is 0.675. The van der Waals surface area contributed by atoms with Gasteiger partial charge in [0.25, 0.3) is 0 Å². The number of piperidine rings is 1. The van der Waals surface area contributed by atoms with E-state index in [9.17, 15) is 0 Å². The maximum atomic E-state index is 4.55. The van der Waals surface area contributed by atoms with Crippen LogP contribution in [-0.4, -0.2) is 55.6 Å². The summed E-state index contributed by atoms with van der Waals surface area (Å²) in [6.07, 6.45) is 4.27. The standard InChI is InChI=1S/C13H22BrN5/c1-15-13-16-8-11(14)12(17-13)19-6-4-10(5-7-19)9-18(2)3/h8,10H,4-7,9H2,1-3H3,(H,15,16,17). The van der Waals surface area contributed by atoms with E-state index in [1.54, 1.807) is 0 Å². The molecule has 0 unspecified atom stereocenters. The van der Waals surface area contributed by atoms with E-state index in [1.807, 2.05) is 13.2 Å². The molecule has 0 radical (unpaired) electrons. The molecule has 1 aromatic rings. The van der Waals surface area contributed by atoms with Gasteiger partial charge in [0.05, 0.1) is 4.47 Å². The highest BCUT2D eigenvalue weighted by Crippen LogP contribution is 2.28. The van der Waals surface area contributed by atoms with Crippen molar-refractivity contribution in [2.45, 2.75) is 12.8 Å². The molecule has 1 saturated heterocycles. The van der Waals surface area contributed by atoms with Gasteiger partial charge in [0.2, 0.25) is 5.95 Å². The van der Waals surface area contributed by atoms with E-state index in [-0.39, 0.29) is 0 Å². The van der Waals surface area contributed by atoms with Crippen LogP contribution in [0.1, 0.15) is 12.8 Å². The molecular weight excluding hydrogens is 306 g/mol. The molecule has 0 spiro atoms. The van der Waals surface area contributed by atoms with Crippen molar-refractivity contribution in [3.63, 3.8) is 0 Å². The van der Waals surface area contributed by atoms with Crippen LogP contribution >= 0.6 is 15.9 Å². The molecule has 0 saturated carbocycles. The Labute approximate surface area is 123 Å². The fraction of sp³-hybridized carbons (Fsp3) is 0.692. The van der Waals surface area contributed by atoms with Crippen molar-refractivity contribution >= 4 is 27.7 Å². The van der Waals surface area contributed by atoms with Gasteiger partial charge in [-0.25, -0.2) is 4.98 Å². The summed E-state index contributed by atoms with van der Waals surface area (Å²) in [5, 5.41) is 2.99. The van der Waals surface area contributed by atoms with E-state index in [2.05, 4.69) is 55.1 Å². The Balaban J connectivity index is 2.01. The summed E-state index contributed by atoms with van der Waals surface area (Å²) in [4.78, 5) is 13.4. The molecule has 0 atom stereocenters. The highest BCUT2D eigenvalue weighted by Gasteiger charge is 2.22. The van der Waals surface area contributed by atoms with Gasteiger partial charge >= 0.3 is 0 Å². The molecular formula is C13H22BrN5. The Morgan fingerprint density at radius 3 is 2.68 bits per heavy atom. The zero-order valence-electron chi connectivity index (χ0n) is 11.9. The van der Waals surface area contributed by atoms with Crippen molar-refractivity contribution in [1.82, 2.24) is 14.9 Å². The smallest absolute Gasteiger partial charge is 0.224 e.